The van der Waals surface area contributed by atoms with E-state index in [1.54, 1.807) is 0 Å². The molecule has 0 radical (unpaired) electrons. The molecule has 0 fully saturated rings. The van der Waals surface area contributed by atoms with Crippen LogP contribution in [-0.2, 0) is 9.59 Å². The van der Waals surface area contributed by atoms with Gasteiger partial charge in [0.25, 0.3) is 0 Å². The summed E-state index contributed by atoms with van der Waals surface area (Å²) in [6.45, 7) is 6.60. The molecular formula is C12H23NO2. The maximum absolute atomic E-state index is 11.3. The van der Waals surface area contributed by atoms with Crippen molar-refractivity contribution in [2.75, 3.05) is 6.54 Å². The van der Waals surface area contributed by atoms with E-state index < -0.39 is 0 Å². The first-order valence-electron chi connectivity index (χ1n) is 5.88. The maximum atomic E-state index is 11.3. The van der Waals surface area contributed by atoms with E-state index in [0.717, 1.165) is 12.8 Å². The number of ketones is 1. The molecule has 15 heavy (non-hydrogen) atoms. The second-order valence-electron chi connectivity index (χ2n) is 4.15. The van der Waals surface area contributed by atoms with Crippen molar-refractivity contribution in [3.8, 4) is 0 Å². The smallest absolute Gasteiger partial charge is 0.219 e. The Morgan fingerprint density at radius 1 is 1.13 bits per heavy atom. The van der Waals surface area contributed by atoms with Gasteiger partial charge in [0.2, 0.25) is 5.91 Å². The standard InChI is InChI=1S/C12H23NO2/c1-4-6-11(14)8-10(3)9-13-12(15)7-5-2/h10H,4-9H2,1-3H3,(H,13,15). The number of nitrogens with one attached hydrogen (secondary N) is 1. The van der Waals surface area contributed by atoms with Gasteiger partial charge in [0.1, 0.15) is 5.78 Å². The minimum absolute atomic E-state index is 0.0901. The lowest BCUT2D eigenvalue weighted by Gasteiger charge is -2.11. The molecule has 0 saturated heterocycles. The number of amides is 1. The second-order valence-corrected chi connectivity index (χ2v) is 4.15. The number of rotatable bonds is 8. The van der Waals surface area contributed by atoms with Gasteiger partial charge in [-0.3, -0.25) is 9.59 Å². The zero-order chi connectivity index (χ0) is 11.7. The Kier molecular flexibility index (Phi) is 7.96. The third-order valence-corrected chi connectivity index (χ3v) is 2.23. The minimum Gasteiger partial charge on any atom is -0.356 e. The highest BCUT2D eigenvalue weighted by Gasteiger charge is 2.09. The molecule has 0 aliphatic rings. The first-order valence-corrected chi connectivity index (χ1v) is 5.88. The van der Waals surface area contributed by atoms with Crippen LogP contribution in [0, 0.1) is 5.92 Å². The van der Waals surface area contributed by atoms with Crippen molar-refractivity contribution in [3.63, 3.8) is 0 Å². The lowest BCUT2D eigenvalue weighted by Crippen LogP contribution is -2.28. The van der Waals surface area contributed by atoms with E-state index in [-0.39, 0.29) is 11.8 Å². The van der Waals surface area contributed by atoms with E-state index in [1.165, 1.54) is 0 Å². The summed E-state index contributed by atoms with van der Waals surface area (Å²) in [4.78, 5) is 22.5. The fraction of sp³-hybridized carbons (Fsp3) is 0.833. The summed E-state index contributed by atoms with van der Waals surface area (Å²) in [7, 11) is 0. The molecule has 3 heteroatoms. The Hall–Kier alpha value is -0.860. The Balaban J connectivity index is 3.60. The highest BCUT2D eigenvalue weighted by molar-refractivity contribution is 5.79. The van der Waals surface area contributed by atoms with Crippen molar-refractivity contribution in [1.82, 2.24) is 5.32 Å². The van der Waals surface area contributed by atoms with Crippen molar-refractivity contribution in [2.45, 2.75) is 52.9 Å². The molecule has 0 aliphatic heterocycles. The monoisotopic (exact) mass is 213 g/mol. The average Bonchev–Trinajstić information content (AvgIpc) is 2.15. The van der Waals surface area contributed by atoms with E-state index in [9.17, 15) is 9.59 Å². The second kappa shape index (κ2) is 8.45. The lowest BCUT2D eigenvalue weighted by molar-refractivity contribution is -0.122. The first kappa shape index (κ1) is 14.1. The summed E-state index contributed by atoms with van der Waals surface area (Å²) in [5.41, 5.74) is 0. The van der Waals surface area contributed by atoms with Crippen LogP contribution in [-0.4, -0.2) is 18.2 Å². The first-order chi connectivity index (χ1) is 7.10. The summed E-state index contributed by atoms with van der Waals surface area (Å²) in [6.07, 6.45) is 3.60. The Labute approximate surface area is 92.6 Å². The SMILES string of the molecule is CCCC(=O)CC(C)CNC(=O)CCC. The Morgan fingerprint density at radius 2 is 1.73 bits per heavy atom. The van der Waals surface area contributed by atoms with Crippen LogP contribution in [0.25, 0.3) is 0 Å². The molecule has 1 atom stereocenters. The van der Waals surface area contributed by atoms with Crippen molar-refractivity contribution in [2.24, 2.45) is 5.92 Å². The molecule has 1 N–H and O–H groups in total. The molecule has 0 rings (SSSR count). The summed E-state index contributed by atoms with van der Waals surface area (Å²) >= 11 is 0. The largest absolute Gasteiger partial charge is 0.356 e. The van der Waals surface area contributed by atoms with Crippen molar-refractivity contribution >= 4 is 11.7 Å². The summed E-state index contributed by atoms with van der Waals surface area (Å²) in [5.74, 6) is 0.645. The number of hydrogen-bond donors (Lipinski definition) is 1. The van der Waals surface area contributed by atoms with Gasteiger partial charge >= 0.3 is 0 Å². The van der Waals surface area contributed by atoms with Crippen molar-refractivity contribution < 1.29 is 9.59 Å². The van der Waals surface area contributed by atoms with Gasteiger partial charge in [0, 0.05) is 25.8 Å². The van der Waals surface area contributed by atoms with Crippen LogP contribution >= 0.6 is 0 Å². The zero-order valence-electron chi connectivity index (χ0n) is 10.1. The molecule has 0 bridgehead atoms. The molecule has 0 heterocycles. The van der Waals surface area contributed by atoms with Gasteiger partial charge in [0.15, 0.2) is 0 Å². The Morgan fingerprint density at radius 3 is 2.27 bits per heavy atom. The molecule has 0 spiro atoms. The van der Waals surface area contributed by atoms with Crippen LogP contribution in [0.3, 0.4) is 0 Å². The molecular weight excluding hydrogens is 190 g/mol. The van der Waals surface area contributed by atoms with Gasteiger partial charge in [-0.2, -0.15) is 0 Å². The molecule has 0 aromatic heterocycles. The normalized spacial score (nSPS) is 12.2. The lowest BCUT2D eigenvalue weighted by atomic mass is 10.0. The number of Topliss-reactive ketones (excluding diaryl/α,β-unsaturated/α-hetero) is 1. The fourth-order valence-corrected chi connectivity index (χ4v) is 1.45. The topological polar surface area (TPSA) is 46.2 Å². The van der Waals surface area contributed by atoms with Gasteiger partial charge in [-0.15, -0.1) is 0 Å². The predicted molar refractivity (Wildman–Crippen MR) is 61.6 cm³/mol. The van der Waals surface area contributed by atoms with E-state index in [0.29, 0.717) is 31.6 Å². The minimum atomic E-state index is 0.0901. The van der Waals surface area contributed by atoms with Gasteiger partial charge in [-0.1, -0.05) is 20.8 Å². The van der Waals surface area contributed by atoms with E-state index in [2.05, 4.69) is 5.32 Å². The summed E-state index contributed by atoms with van der Waals surface area (Å²) in [6, 6.07) is 0. The summed E-state index contributed by atoms with van der Waals surface area (Å²) < 4.78 is 0. The fourth-order valence-electron chi connectivity index (χ4n) is 1.45. The van der Waals surface area contributed by atoms with Gasteiger partial charge in [0.05, 0.1) is 0 Å². The molecule has 0 aliphatic carbocycles. The van der Waals surface area contributed by atoms with Crippen LogP contribution < -0.4 is 5.32 Å². The molecule has 0 aromatic rings. The van der Waals surface area contributed by atoms with Gasteiger partial charge in [-0.05, 0) is 18.8 Å². The quantitative estimate of drug-likeness (QED) is 0.672. The molecule has 0 aromatic carbocycles. The highest BCUT2D eigenvalue weighted by Crippen LogP contribution is 2.04. The van der Waals surface area contributed by atoms with Crippen LogP contribution in [0.15, 0.2) is 0 Å². The predicted octanol–water partition coefficient (Wildman–Crippen LogP) is 2.30. The van der Waals surface area contributed by atoms with Gasteiger partial charge < -0.3 is 5.32 Å². The van der Waals surface area contributed by atoms with Crippen LogP contribution in [0.2, 0.25) is 0 Å². The van der Waals surface area contributed by atoms with E-state index in [1.807, 2.05) is 20.8 Å². The van der Waals surface area contributed by atoms with E-state index >= 15 is 0 Å². The molecule has 88 valence electrons. The average molecular weight is 213 g/mol. The molecule has 1 unspecified atom stereocenters. The molecule has 1 amide bonds. The van der Waals surface area contributed by atoms with Crippen molar-refractivity contribution in [3.05, 3.63) is 0 Å². The Bertz CT molecular complexity index is 202. The third-order valence-electron chi connectivity index (χ3n) is 2.23. The number of carbonyl (C=O) groups excluding carboxylic acids is 2. The van der Waals surface area contributed by atoms with Crippen LogP contribution in [0.4, 0.5) is 0 Å². The van der Waals surface area contributed by atoms with Gasteiger partial charge in [-0.25, -0.2) is 0 Å². The van der Waals surface area contributed by atoms with E-state index in [4.69, 9.17) is 0 Å². The number of carbonyl (C=O) groups is 2. The zero-order valence-corrected chi connectivity index (χ0v) is 10.1. The maximum Gasteiger partial charge on any atom is 0.219 e. The number of hydrogen-bond acceptors (Lipinski definition) is 2. The van der Waals surface area contributed by atoms with Crippen LogP contribution in [0.1, 0.15) is 52.9 Å². The summed E-state index contributed by atoms with van der Waals surface area (Å²) in [5, 5.41) is 2.84. The molecule has 3 nitrogen and oxygen atoms in total. The molecule has 0 saturated carbocycles. The van der Waals surface area contributed by atoms with Crippen LogP contribution in [0.5, 0.6) is 0 Å². The third kappa shape index (κ3) is 8.16. The van der Waals surface area contributed by atoms with Crippen molar-refractivity contribution in [1.29, 1.82) is 0 Å². The highest BCUT2D eigenvalue weighted by atomic mass is 16.1.